The molecule has 0 spiro atoms. The molecule has 2 N–H and O–H groups in total. The van der Waals surface area contributed by atoms with Crippen molar-refractivity contribution in [3.63, 3.8) is 0 Å². The van der Waals surface area contributed by atoms with E-state index < -0.39 is 5.97 Å². The number of hydrogen-bond donors (Lipinski definition) is 2. The highest BCUT2D eigenvalue weighted by atomic mass is 16.5. The fraction of sp³-hybridized carbons (Fsp3) is 0.333. The molecular weight excluding hydrogens is 380 g/mol. The van der Waals surface area contributed by atoms with Gasteiger partial charge in [0.05, 0.1) is 6.61 Å². The SMILES string of the molecule is CCCCNC(=O)N(C)Cc1cccc(-c2ccc(C=C(OCC)C(=O)O)cc2)c1. The molecule has 0 heterocycles. The van der Waals surface area contributed by atoms with Crippen LogP contribution in [0.1, 0.15) is 37.8 Å². The average Bonchev–Trinajstić information content (AvgIpc) is 2.74. The summed E-state index contributed by atoms with van der Waals surface area (Å²) in [5, 5.41) is 12.1. The molecule has 6 nitrogen and oxygen atoms in total. The molecule has 2 aromatic rings. The summed E-state index contributed by atoms with van der Waals surface area (Å²) in [6.07, 6.45) is 3.53. The van der Waals surface area contributed by atoms with Gasteiger partial charge in [-0.2, -0.15) is 0 Å². The van der Waals surface area contributed by atoms with Crippen LogP contribution < -0.4 is 5.32 Å². The minimum absolute atomic E-state index is 0.0754. The van der Waals surface area contributed by atoms with Gasteiger partial charge < -0.3 is 20.1 Å². The monoisotopic (exact) mass is 410 g/mol. The largest absolute Gasteiger partial charge is 0.487 e. The molecule has 2 rings (SSSR count). The van der Waals surface area contributed by atoms with Gasteiger partial charge in [-0.3, -0.25) is 0 Å². The van der Waals surface area contributed by atoms with E-state index in [4.69, 9.17) is 4.74 Å². The first kappa shape index (κ1) is 23.0. The fourth-order valence-corrected chi connectivity index (χ4v) is 2.95. The van der Waals surface area contributed by atoms with E-state index in [1.807, 2.05) is 42.5 Å². The molecule has 0 saturated heterocycles. The van der Waals surface area contributed by atoms with Crippen molar-refractivity contribution in [1.29, 1.82) is 0 Å². The lowest BCUT2D eigenvalue weighted by atomic mass is 10.0. The molecule has 0 fully saturated rings. The minimum atomic E-state index is -1.09. The van der Waals surface area contributed by atoms with Gasteiger partial charge in [0.2, 0.25) is 5.76 Å². The average molecular weight is 411 g/mol. The second kappa shape index (κ2) is 11.7. The van der Waals surface area contributed by atoms with E-state index in [1.54, 1.807) is 18.9 Å². The molecule has 0 radical (unpaired) electrons. The topological polar surface area (TPSA) is 78.9 Å². The summed E-state index contributed by atoms with van der Waals surface area (Å²) in [5.74, 6) is -1.16. The summed E-state index contributed by atoms with van der Waals surface area (Å²) in [6, 6.07) is 15.6. The maximum atomic E-state index is 12.2. The number of rotatable bonds is 10. The number of benzene rings is 2. The predicted molar refractivity (Wildman–Crippen MR) is 119 cm³/mol. The highest BCUT2D eigenvalue weighted by Gasteiger charge is 2.10. The minimum Gasteiger partial charge on any atom is -0.487 e. The van der Waals surface area contributed by atoms with Crippen LogP contribution in [0, 0.1) is 0 Å². The zero-order valence-electron chi connectivity index (χ0n) is 17.9. The van der Waals surface area contributed by atoms with E-state index in [9.17, 15) is 14.7 Å². The maximum Gasteiger partial charge on any atom is 0.371 e. The number of carbonyl (C=O) groups excluding carboxylic acids is 1. The highest BCUT2D eigenvalue weighted by Crippen LogP contribution is 2.22. The Kier molecular flexibility index (Phi) is 8.94. The molecule has 0 atom stereocenters. The molecule has 160 valence electrons. The first-order valence-corrected chi connectivity index (χ1v) is 10.2. The van der Waals surface area contributed by atoms with Crippen LogP contribution in [0.5, 0.6) is 0 Å². The summed E-state index contributed by atoms with van der Waals surface area (Å²) in [4.78, 5) is 25.0. The lowest BCUT2D eigenvalue weighted by Gasteiger charge is -2.18. The van der Waals surface area contributed by atoms with Crippen LogP contribution in [0.3, 0.4) is 0 Å². The van der Waals surface area contributed by atoms with Gasteiger partial charge in [0, 0.05) is 20.1 Å². The summed E-state index contributed by atoms with van der Waals surface area (Å²) in [6.45, 7) is 5.35. The molecule has 0 aliphatic carbocycles. The van der Waals surface area contributed by atoms with E-state index in [0.717, 1.165) is 35.1 Å². The van der Waals surface area contributed by atoms with Crippen LogP contribution in [0.4, 0.5) is 4.79 Å². The van der Waals surface area contributed by atoms with Gasteiger partial charge in [0.1, 0.15) is 0 Å². The third-order valence-electron chi connectivity index (χ3n) is 4.55. The number of nitrogens with one attached hydrogen (secondary N) is 1. The van der Waals surface area contributed by atoms with Gasteiger partial charge in [-0.15, -0.1) is 0 Å². The Morgan fingerprint density at radius 1 is 1.10 bits per heavy atom. The predicted octanol–water partition coefficient (Wildman–Crippen LogP) is 4.76. The van der Waals surface area contributed by atoms with Crippen molar-refractivity contribution in [2.24, 2.45) is 0 Å². The Balaban J connectivity index is 2.09. The molecular formula is C24H30N2O4. The van der Waals surface area contributed by atoms with Gasteiger partial charge in [0.25, 0.3) is 0 Å². The lowest BCUT2D eigenvalue weighted by Crippen LogP contribution is -2.37. The van der Waals surface area contributed by atoms with Gasteiger partial charge >= 0.3 is 12.0 Å². The van der Waals surface area contributed by atoms with Crippen molar-refractivity contribution < 1.29 is 19.4 Å². The van der Waals surface area contributed by atoms with E-state index >= 15 is 0 Å². The number of amides is 2. The quantitative estimate of drug-likeness (QED) is 0.336. The Morgan fingerprint density at radius 2 is 1.83 bits per heavy atom. The number of urea groups is 1. The van der Waals surface area contributed by atoms with Crippen molar-refractivity contribution in [2.75, 3.05) is 20.2 Å². The van der Waals surface area contributed by atoms with Gasteiger partial charge in [-0.05, 0) is 47.7 Å². The Labute approximate surface area is 178 Å². The fourth-order valence-electron chi connectivity index (χ4n) is 2.95. The van der Waals surface area contributed by atoms with Gasteiger partial charge in [0.15, 0.2) is 0 Å². The number of aliphatic carboxylic acids is 1. The van der Waals surface area contributed by atoms with Crippen LogP contribution in [0.2, 0.25) is 0 Å². The third kappa shape index (κ3) is 6.95. The number of carbonyl (C=O) groups is 2. The second-order valence-electron chi connectivity index (χ2n) is 7.01. The molecule has 2 amide bonds. The number of carboxylic acid groups (broad SMARTS) is 1. The summed E-state index contributed by atoms with van der Waals surface area (Å²) < 4.78 is 5.15. The first-order chi connectivity index (χ1) is 14.4. The molecule has 0 aromatic heterocycles. The van der Waals surface area contributed by atoms with Crippen molar-refractivity contribution in [2.45, 2.75) is 33.2 Å². The first-order valence-electron chi connectivity index (χ1n) is 10.2. The summed E-state index contributed by atoms with van der Waals surface area (Å²) >= 11 is 0. The number of nitrogens with zero attached hydrogens (tertiary/aromatic N) is 1. The Bertz CT molecular complexity index is 875. The summed E-state index contributed by atoms with van der Waals surface area (Å²) in [5.41, 5.74) is 3.83. The van der Waals surface area contributed by atoms with Crippen LogP contribution >= 0.6 is 0 Å². The van der Waals surface area contributed by atoms with Crippen LogP contribution in [0.15, 0.2) is 54.3 Å². The van der Waals surface area contributed by atoms with E-state index in [-0.39, 0.29) is 11.8 Å². The molecule has 0 aliphatic heterocycles. The zero-order valence-corrected chi connectivity index (χ0v) is 17.9. The van der Waals surface area contributed by atoms with Crippen LogP contribution in [-0.2, 0) is 16.1 Å². The molecule has 0 saturated carbocycles. The van der Waals surface area contributed by atoms with Crippen molar-refractivity contribution in [3.05, 3.63) is 65.4 Å². The second-order valence-corrected chi connectivity index (χ2v) is 7.01. The van der Waals surface area contributed by atoms with Gasteiger partial charge in [-0.1, -0.05) is 55.8 Å². The number of unbranched alkanes of at least 4 members (excludes halogenated alkanes) is 1. The highest BCUT2D eigenvalue weighted by molar-refractivity contribution is 5.90. The Morgan fingerprint density at radius 3 is 2.47 bits per heavy atom. The number of carboxylic acids is 1. The number of hydrogen-bond acceptors (Lipinski definition) is 3. The van der Waals surface area contributed by atoms with E-state index in [2.05, 4.69) is 18.3 Å². The maximum absolute atomic E-state index is 12.2. The van der Waals surface area contributed by atoms with Crippen molar-refractivity contribution >= 4 is 18.1 Å². The molecule has 0 bridgehead atoms. The standard InChI is InChI=1S/C24H30N2O4/c1-4-6-14-25-24(29)26(3)17-19-8-7-9-21(15-19)20-12-10-18(11-13-20)16-22(23(27)28)30-5-2/h7-13,15-16H,4-6,14,17H2,1-3H3,(H,25,29)(H,27,28). The lowest BCUT2D eigenvalue weighted by molar-refractivity contribution is -0.136. The molecule has 2 aromatic carbocycles. The number of ether oxygens (including phenoxy) is 1. The van der Waals surface area contributed by atoms with Crippen LogP contribution in [0.25, 0.3) is 17.2 Å². The smallest absolute Gasteiger partial charge is 0.371 e. The van der Waals surface area contributed by atoms with Gasteiger partial charge in [-0.25, -0.2) is 9.59 Å². The summed E-state index contributed by atoms with van der Waals surface area (Å²) in [7, 11) is 1.79. The molecule has 0 aliphatic rings. The zero-order chi connectivity index (χ0) is 21.9. The molecule has 0 unspecified atom stereocenters. The Hall–Kier alpha value is -3.28. The molecule has 30 heavy (non-hydrogen) atoms. The normalized spacial score (nSPS) is 11.1. The van der Waals surface area contributed by atoms with E-state index in [0.29, 0.717) is 19.7 Å². The third-order valence-corrected chi connectivity index (χ3v) is 4.55. The molecule has 6 heteroatoms. The van der Waals surface area contributed by atoms with Crippen molar-refractivity contribution in [1.82, 2.24) is 10.2 Å². The van der Waals surface area contributed by atoms with Crippen LogP contribution in [-0.4, -0.2) is 42.2 Å². The van der Waals surface area contributed by atoms with E-state index in [1.165, 1.54) is 6.08 Å². The van der Waals surface area contributed by atoms with Crippen molar-refractivity contribution in [3.8, 4) is 11.1 Å².